The number of hydrogen-bond donors (Lipinski definition) is 2. The van der Waals surface area contributed by atoms with Crippen LogP contribution in [-0.2, 0) is 13.0 Å². The molecule has 0 aliphatic carbocycles. The molecule has 0 bridgehead atoms. The number of anilines is 1. The molecule has 0 atom stereocenters. The van der Waals surface area contributed by atoms with E-state index >= 15 is 0 Å². The monoisotopic (exact) mass is 371 g/mol. The van der Waals surface area contributed by atoms with Crippen LogP contribution in [0.5, 0.6) is 0 Å². The van der Waals surface area contributed by atoms with Crippen molar-refractivity contribution in [3.8, 4) is 0 Å². The van der Waals surface area contributed by atoms with Gasteiger partial charge in [-0.3, -0.25) is 10.1 Å². The molecule has 4 nitrogen and oxygen atoms in total. The largest absolute Gasteiger partial charge is 0.311 e. The van der Waals surface area contributed by atoms with Gasteiger partial charge >= 0.3 is 0 Å². The van der Waals surface area contributed by atoms with Gasteiger partial charge in [-0.15, -0.1) is 11.3 Å². The lowest BCUT2D eigenvalue weighted by molar-refractivity contribution is 0.102. The van der Waals surface area contributed by atoms with Crippen molar-refractivity contribution in [1.29, 1.82) is 0 Å². The molecule has 2 heterocycles. The van der Waals surface area contributed by atoms with Crippen molar-refractivity contribution in [2.75, 3.05) is 11.9 Å². The minimum Gasteiger partial charge on any atom is -0.311 e. The summed E-state index contributed by atoms with van der Waals surface area (Å²) in [5.41, 5.74) is 1.59. The van der Waals surface area contributed by atoms with Gasteiger partial charge in [-0.05, 0) is 18.2 Å². The van der Waals surface area contributed by atoms with Gasteiger partial charge in [-0.2, -0.15) is 0 Å². The summed E-state index contributed by atoms with van der Waals surface area (Å²) in [6.07, 6.45) is 0.907. The number of thiazole rings is 1. The van der Waals surface area contributed by atoms with Gasteiger partial charge < -0.3 is 5.32 Å². The predicted octanol–water partition coefficient (Wildman–Crippen LogP) is 3.46. The first kappa shape index (κ1) is 14.0. The number of fused-ring (bicyclic) bond motifs is 1. The summed E-state index contributed by atoms with van der Waals surface area (Å²) < 4.78 is 0.776. The van der Waals surface area contributed by atoms with E-state index < -0.39 is 0 Å². The van der Waals surface area contributed by atoms with E-state index in [0.717, 1.165) is 29.7 Å². The molecule has 0 fully saturated rings. The molecule has 2 aromatic rings. The highest BCUT2D eigenvalue weighted by molar-refractivity contribution is 9.10. The van der Waals surface area contributed by atoms with Crippen molar-refractivity contribution in [3.05, 3.63) is 43.8 Å². The van der Waals surface area contributed by atoms with Gasteiger partial charge in [-0.1, -0.05) is 27.5 Å². The molecule has 1 aromatic carbocycles. The fourth-order valence-corrected chi connectivity index (χ4v) is 3.87. The molecular formula is C13H11BrClN3OS. The Morgan fingerprint density at radius 2 is 2.30 bits per heavy atom. The fraction of sp³-hybridized carbons (Fsp3) is 0.231. The van der Waals surface area contributed by atoms with Crippen LogP contribution in [0.4, 0.5) is 5.13 Å². The number of nitrogens with one attached hydrogen (secondary N) is 2. The highest BCUT2D eigenvalue weighted by Crippen LogP contribution is 2.26. The van der Waals surface area contributed by atoms with Crippen LogP contribution in [0.2, 0.25) is 5.02 Å². The van der Waals surface area contributed by atoms with Crippen molar-refractivity contribution in [2.45, 2.75) is 13.0 Å². The highest BCUT2D eigenvalue weighted by Gasteiger charge is 2.16. The van der Waals surface area contributed by atoms with E-state index in [-0.39, 0.29) is 5.91 Å². The van der Waals surface area contributed by atoms with Crippen LogP contribution in [0.15, 0.2) is 22.7 Å². The number of carbonyl (C=O) groups excluding carboxylic acids is 1. The molecule has 0 unspecified atom stereocenters. The summed E-state index contributed by atoms with van der Waals surface area (Å²) >= 11 is 10.8. The molecule has 2 N–H and O–H groups in total. The van der Waals surface area contributed by atoms with Gasteiger partial charge in [0.2, 0.25) is 0 Å². The van der Waals surface area contributed by atoms with Gasteiger partial charge in [0.1, 0.15) is 0 Å². The normalized spacial score (nSPS) is 13.9. The topological polar surface area (TPSA) is 54.0 Å². The van der Waals surface area contributed by atoms with E-state index in [1.807, 2.05) is 0 Å². The number of benzene rings is 1. The van der Waals surface area contributed by atoms with E-state index in [1.54, 1.807) is 18.2 Å². The molecule has 3 rings (SSSR count). The van der Waals surface area contributed by atoms with Crippen molar-refractivity contribution in [2.24, 2.45) is 0 Å². The SMILES string of the molecule is O=C(Nc1nc2c(s1)CNCC2)c1cc(Cl)cc(Br)c1. The summed E-state index contributed by atoms with van der Waals surface area (Å²) in [5, 5.41) is 7.28. The average Bonchev–Trinajstić information content (AvgIpc) is 2.79. The summed E-state index contributed by atoms with van der Waals surface area (Å²) in [6.45, 7) is 1.76. The van der Waals surface area contributed by atoms with E-state index in [1.165, 1.54) is 16.2 Å². The minimum atomic E-state index is -0.202. The Morgan fingerprint density at radius 1 is 1.45 bits per heavy atom. The van der Waals surface area contributed by atoms with Gasteiger partial charge in [0.25, 0.3) is 5.91 Å². The molecule has 0 saturated heterocycles. The van der Waals surface area contributed by atoms with E-state index in [9.17, 15) is 4.79 Å². The standard InChI is InChI=1S/C13H11BrClN3OS/c14-8-3-7(4-9(15)5-8)12(19)18-13-17-10-1-2-16-6-11(10)20-13/h3-5,16H,1-2,6H2,(H,17,18,19). The van der Waals surface area contributed by atoms with Crippen molar-refractivity contribution < 1.29 is 4.79 Å². The van der Waals surface area contributed by atoms with Crippen LogP contribution >= 0.6 is 38.9 Å². The second-order valence-corrected chi connectivity index (χ2v) is 6.86. The molecule has 20 heavy (non-hydrogen) atoms. The Labute approximate surface area is 133 Å². The van der Waals surface area contributed by atoms with Gasteiger partial charge in [0.15, 0.2) is 5.13 Å². The fourth-order valence-electron chi connectivity index (χ4n) is 2.03. The number of hydrogen-bond acceptors (Lipinski definition) is 4. The molecule has 0 saturated carbocycles. The molecular weight excluding hydrogens is 362 g/mol. The third-order valence-corrected chi connectivity index (χ3v) is 4.64. The maximum atomic E-state index is 12.2. The maximum Gasteiger partial charge on any atom is 0.257 e. The van der Waals surface area contributed by atoms with Gasteiger partial charge in [-0.25, -0.2) is 4.98 Å². The summed E-state index contributed by atoms with van der Waals surface area (Å²) in [4.78, 5) is 17.8. The minimum absolute atomic E-state index is 0.202. The molecule has 0 spiro atoms. The lowest BCUT2D eigenvalue weighted by Gasteiger charge is -2.09. The number of nitrogens with zero attached hydrogens (tertiary/aromatic N) is 1. The highest BCUT2D eigenvalue weighted by atomic mass is 79.9. The van der Waals surface area contributed by atoms with Crippen LogP contribution in [0.1, 0.15) is 20.9 Å². The summed E-state index contributed by atoms with van der Waals surface area (Å²) in [7, 11) is 0. The predicted molar refractivity (Wildman–Crippen MR) is 84.6 cm³/mol. The first-order valence-electron chi connectivity index (χ1n) is 6.08. The third-order valence-electron chi connectivity index (χ3n) is 2.95. The van der Waals surface area contributed by atoms with Crippen molar-refractivity contribution in [1.82, 2.24) is 10.3 Å². The first-order valence-corrected chi connectivity index (χ1v) is 8.07. The third kappa shape index (κ3) is 3.03. The van der Waals surface area contributed by atoms with Crippen LogP contribution in [0.3, 0.4) is 0 Å². The van der Waals surface area contributed by atoms with Crippen molar-refractivity contribution >= 4 is 49.9 Å². The van der Waals surface area contributed by atoms with Crippen LogP contribution in [0.25, 0.3) is 0 Å². The molecule has 1 amide bonds. The molecule has 104 valence electrons. The Morgan fingerprint density at radius 3 is 3.05 bits per heavy atom. The van der Waals surface area contributed by atoms with Crippen molar-refractivity contribution in [3.63, 3.8) is 0 Å². The van der Waals surface area contributed by atoms with E-state index in [0.29, 0.717) is 15.7 Å². The van der Waals surface area contributed by atoms with E-state index in [2.05, 4.69) is 31.5 Å². The van der Waals surface area contributed by atoms with Gasteiger partial charge in [0, 0.05) is 39.4 Å². The lowest BCUT2D eigenvalue weighted by Crippen LogP contribution is -2.22. The first-order chi connectivity index (χ1) is 9.61. The Hall–Kier alpha value is -0.950. The number of carbonyl (C=O) groups is 1. The zero-order valence-corrected chi connectivity index (χ0v) is 13.5. The van der Waals surface area contributed by atoms with Gasteiger partial charge in [0.05, 0.1) is 5.69 Å². The Balaban J connectivity index is 1.80. The molecule has 1 aliphatic rings. The quantitative estimate of drug-likeness (QED) is 0.849. The van der Waals surface area contributed by atoms with E-state index in [4.69, 9.17) is 11.6 Å². The average molecular weight is 373 g/mol. The lowest BCUT2D eigenvalue weighted by atomic mass is 10.2. The zero-order valence-electron chi connectivity index (χ0n) is 10.4. The number of halogens is 2. The second-order valence-electron chi connectivity index (χ2n) is 4.43. The zero-order chi connectivity index (χ0) is 14.1. The summed E-state index contributed by atoms with van der Waals surface area (Å²) in [5.74, 6) is -0.202. The maximum absolute atomic E-state index is 12.2. The van der Waals surface area contributed by atoms with Crippen LogP contribution < -0.4 is 10.6 Å². The smallest absolute Gasteiger partial charge is 0.257 e. The number of aromatic nitrogens is 1. The molecule has 7 heteroatoms. The molecule has 1 aromatic heterocycles. The molecule has 0 radical (unpaired) electrons. The Bertz CT molecular complexity index is 630. The summed E-state index contributed by atoms with van der Waals surface area (Å²) in [6, 6.07) is 5.11. The second kappa shape index (κ2) is 5.81. The molecule has 1 aliphatic heterocycles. The van der Waals surface area contributed by atoms with Crippen LogP contribution in [0, 0.1) is 0 Å². The Kier molecular flexibility index (Phi) is 4.07. The van der Waals surface area contributed by atoms with Crippen LogP contribution in [-0.4, -0.2) is 17.4 Å². The number of rotatable bonds is 2. The number of amides is 1.